The highest BCUT2D eigenvalue weighted by Gasteiger charge is 2.21. The summed E-state index contributed by atoms with van der Waals surface area (Å²) in [5.74, 6) is -0.443. The molecule has 0 aliphatic heterocycles. The number of carboxylic acid groups (broad SMARTS) is 1. The molecular weight excluding hydrogens is 248 g/mol. The van der Waals surface area contributed by atoms with E-state index in [1.165, 1.54) is 0 Å². The molecule has 0 atom stereocenters. The summed E-state index contributed by atoms with van der Waals surface area (Å²) < 4.78 is 10.2. The monoisotopic (exact) mass is 262 g/mol. The van der Waals surface area contributed by atoms with Gasteiger partial charge in [0, 0.05) is 0 Å². The van der Waals surface area contributed by atoms with E-state index in [0.717, 1.165) is 11.3 Å². The van der Waals surface area contributed by atoms with Crippen molar-refractivity contribution in [3.8, 4) is 16.9 Å². The average molecular weight is 262 g/mol. The minimum atomic E-state index is -1.18. The molecule has 0 spiro atoms. The molecule has 19 heavy (non-hydrogen) atoms. The fraction of sp³-hybridized carbons (Fsp3) is 0.231. The summed E-state index contributed by atoms with van der Waals surface area (Å²) in [6.45, 7) is 4.34. The van der Waals surface area contributed by atoms with Crippen LogP contribution in [0.4, 0.5) is 5.88 Å². The highest BCUT2D eigenvalue weighted by Crippen LogP contribution is 2.32. The van der Waals surface area contributed by atoms with Crippen molar-refractivity contribution < 1.29 is 19.2 Å². The molecule has 6 heteroatoms. The van der Waals surface area contributed by atoms with Gasteiger partial charge in [-0.25, -0.2) is 4.79 Å². The van der Waals surface area contributed by atoms with Crippen molar-refractivity contribution in [3.63, 3.8) is 0 Å². The van der Waals surface area contributed by atoms with Crippen LogP contribution in [0.3, 0.4) is 0 Å². The van der Waals surface area contributed by atoms with E-state index in [1.54, 1.807) is 18.2 Å². The number of anilines is 1. The highest BCUT2D eigenvalue weighted by atomic mass is 16.5. The van der Waals surface area contributed by atoms with Crippen molar-refractivity contribution in [3.05, 3.63) is 29.5 Å². The molecule has 100 valence electrons. The van der Waals surface area contributed by atoms with Crippen LogP contribution >= 0.6 is 0 Å². The number of rotatable bonds is 4. The van der Waals surface area contributed by atoms with Gasteiger partial charge < -0.3 is 20.1 Å². The van der Waals surface area contributed by atoms with Crippen molar-refractivity contribution in [1.29, 1.82) is 0 Å². The second-order valence-corrected chi connectivity index (χ2v) is 3.99. The molecule has 3 N–H and O–H groups in total. The van der Waals surface area contributed by atoms with E-state index in [4.69, 9.17) is 20.1 Å². The lowest BCUT2D eigenvalue weighted by atomic mass is 10.0. The number of aryl methyl sites for hydroxylation is 1. The molecule has 0 amide bonds. The lowest BCUT2D eigenvalue weighted by Crippen LogP contribution is -2.00. The van der Waals surface area contributed by atoms with Gasteiger partial charge in [-0.1, -0.05) is 11.2 Å². The predicted octanol–water partition coefficient (Wildman–Crippen LogP) is 2.33. The fourth-order valence-corrected chi connectivity index (χ4v) is 1.85. The Morgan fingerprint density at radius 3 is 2.84 bits per heavy atom. The van der Waals surface area contributed by atoms with Gasteiger partial charge in [0.2, 0.25) is 11.6 Å². The summed E-state index contributed by atoms with van der Waals surface area (Å²) in [4.78, 5) is 11.1. The number of nitrogen functional groups attached to an aromatic ring is 1. The largest absolute Gasteiger partial charge is 0.494 e. The number of hydrogen-bond acceptors (Lipinski definition) is 5. The highest BCUT2D eigenvalue weighted by molar-refractivity contribution is 5.96. The van der Waals surface area contributed by atoms with Crippen LogP contribution in [0.2, 0.25) is 0 Å². The summed E-state index contributed by atoms with van der Waals surface area (Å²) in [5.41, 5.74) is 7.25. The van der Waals surface area contributed by atoms with Crippen molar-refractivity contribution in [2.24, 2.45) is 0 Å². The fourth-order valence-electron chi connectivity index (χ4n) is 1.85. The van der Waals surface area contributed by atoms with E-state index in [1.807, 2.05) is 13.8 Å². The van der Waals surface area contributed by atoms with Crippen LogP contribution < -0.4 is 10.5 Å². The predicted molar refractivity (Wildman–Crippen MR) is 69.2 cm³/mol. The van der Waals surface area contributed by atoms with Crippen LogP contribution in [0.15, 0.2) is 22.7 Å². The Kier molecular flexibility index (Phi) is 3.41. The van der Waals surface area contributed by atoms with Crippen molar-refractivity contribution in [2.45, 2.75) is 13.8 Å². The Morgan fingerprint density at radius 1 is 1.53 bits per heavy atom. The van der Waals surface area contributed by atoms with Crippen molar-refractivity contribution >= 4 is 11.9 Å². The first kappa shape index (κ1) is 12.9. The van der Waals surface area contributed by atoms with Gasteiger partial charge in [-0.05, 0) is 37.1 Å². The third-order valence-corrected chi connectivity index (χ3v) is 2.68. The molecule has 1 aromatic carbocycles. The zero-order valence-electron chi connectivity index (χ0n) is 10.6. The first-order valence-electron chi connectivity index (χ1n) is 5.76. The first-order valence-corrected chi connectivity index (χ1v) is 5.76. The van der Waals surface area contributed by atoms with E-state index >= 15 is 0 Å². The Morgan fingerprint density at radius 2 is 2.26 bits per heavy atom. The second-order valence-electron chi connectivity index (χ2n) is 3.99. The van der Waals surface area contributed by atoms with E-state index in [9.17, 15) is 4.79 Å². The van der Waals surface area contributed by atoms with Gasteiger partial charge in [-0.3, -0.25) is 0 Å². The SMILES string of the molecule is CCOc1ccc(-c2c(C(=O)O)noc2N)cc1C. The average Bonchev–Trinajstić information content (AvgIpc) is 2.74. The Balaban J connectivity index is 2.51. The van der Waals surface area contributed by atoms with Crippen LogP contribution in [0.5, 0.6) is 5.75 Å². The van der Waals surface area contributed by atoms with Gasteiger partial charge in [-0.2, -0.15) is 0 Å². The summed E-state index contributed by atoms with van der Waals surface area (Å²) in [5, 5.41) is 12.5. The normalized spacial score (nSPS) is 10.4. The number of ether oxygens (including phenoxy) is 1. The zero-order valence-corrected chi connectivity index (χ0v) is 10.6. The van der Waals surface area contributed by atoms with E-state index in [0.29, 0.717) is 17.7 Å². The molecule has 6 nitrogen and oxygen atoms in total. The first-order chi connectivity index (χ1) is 9.04. The van der Waals surface area contributed by atoms with Crippen LogP contribution in [0.25, 0.3) is 11.1 Å². The van der Waals surface area contributed by atoms with Crippen LogP contribution in [-0.2, 0) is 0 Å². The topological polar surface area (TPSA) is 98.6 Å². The Labute approximate surface area is 109 Å². The molecule has 1 aromatic heterocycles. The third kappa shape index (κ3) is 2.37. The van der Waals surface area contributed by atoms with E-state index < -0.39 is 5.97 Å². The molecule has 2 rings (SSSR count). The standard InChI is InChI=1S/C13H14N2O4/c1-3-18-9-5-4-8(6-7(9)2)10-11(13(16)17)15-19-12(10)14/h4-6H,3,14H2,1-2H3,(H,16,17). The molecule has 0 aliphatic rings. The van der Waals surface area contributed by atoms with Gasteiger partial charge in [0.1, 0.15) is 5.75 Å². The van der Waals surface area contributed by atoms with Crippen molar-refractivity contribution in [2.75, 3.05) is 12.3 Å². The number of hydrogen-bond donors (Lipinski definition) is 2. The number of nitrogens with two attached hydrogens (primary N) is 1. The molecule has 0 saturated carbocycles. The molecule has 1 heterocycles. The number of benzene rings is 1. The molecule has 0 bridgehead atoms. The molecule has 0 aliphatic carbocycles. The maximum absolute atomic E-state index is 11.1. The van der Waals surface area contributed by atoms with Crippen molar-refractivity contribution in [1.82, 2.24) is 5.16 Å². The number of nitrogens with zero attached hydrogens (tertiary/aromatic N) is 1. The van der Waals surface area contributed by atoms with Crippen LogP contribution in [0, 0.1) is 6.92 Å². The summed E-state index contributed by atoms with van der Waals surface area (Å²) in [7, 11) is 0. The van der Waals surface area contributed by atoms with Crippen LogP contribution in [-0.4, -0.2) is 22.8 Å². The Bertz CT molecular complexity index is 619. The Hall–Kier alpha value is -2.50. The van der Waals surface area contributed by atoms with Gasteiger partial charge in [0.15, 0.2) is 0 Å². The number of carbonyl (C=O) groups is 1. The molecule has 0 fully saturated rings. The molecule has 2 aromatic rings. The lowest BCUT2D eigenvalue weighted by Gasteiger charge is -2.08. The van der Waals surface area contributed by atoms with Gasteiger partial charge in [0.05, 0.1) is 12.2 Å². The van der Waals surface area contributed by atoms with Crippen LogP contribution in [0.1, 0.15) is 23.0 Å². The minimum Gasteiger partial charge on any atom is -0.494 e. The lowest BCUT2D eigenvalue weighted by molar-refractivity contribution is 0.0686. The summed E-state index contributed by atoms with van der Waals surface area (Å²) in [6, 6.07) is 5.29. The van der Waals surface area contributed by atoms with E-state index in [2.05, 4.69) is 5.16 Å². The smallest absolute Gasteiger partial charge is 0.358 e. The molecule has 0 saturated heterocycles. The zero-order chi connectivity index (χ0) is 14.0. The molecule has 0 unspecified atom stereocenters. The number of carboxylic acids is 1. The maximum atomic E-state index is 11.1. The third-order valence-electron chi connectivity index (χ3n) is 2.68. The number of aromatic nitrogens is 1. The molecule has 0 radical (unpaired) electrons. The molecular formula is C13H14N2O4. The minimum absolute atomic E-state index is 0.0130. The van der Waals surface area contributed by atoms with E-state index in [-0.39, 0.29) is 11.6 Å². The second kappa shape index (κ2) is 5.01. The summed E-state index contributed by atoms with van der Waals surface area (Å²) in [6.07, 6.45) is 0. The van der Waals surface area contributed by atoms with Gasteiger partial charge in [0.25, 0.3) is 0 Å². The quantitative estimate of drug-likeness (QED) is 0.877. The number of aromatic carboxylic acids is 1. The summed E-state index contributed by atoms with van der Waals surface area (Å²) >= 11 is 0. The van der Waals surface area contributed by atoms with Gasteiger partial charge in [-0.15, -0.1) is 0 Å². The maximum Gasteiger partial charge on any atom is 0.358 e. The van der Waals surface area contributed by atoms with Gasteiger partial charge >= 0.3 is 5.97 Å².